The number of nitrogens with zero attached hydrogens (tertiary/aromatic N) is 4. The van der Waals surface area contributed by atoms with E-state index in [0.717, 1.165) is 0 Å². The minimum absolute atomic E-state index is 0.0681. The van der Waals surface area contributed by atoms with Gasteiger partial charge in [-0.3, -0.25) is 0 Å². The summed E-state index contributed by atoms with van der Waals surface area (Å²) in [7, 11) is 0. The number of hydrogen-bond acceptors (Lipinski definition) is 8. The third kappa shape index (κ3) is 4.83. The fraction of sp³-hybridized carbons (Fsp3) is 0.333. The van der Waals surface area contributed by atoms with Gasteiger partial charge in [0.05, 0.1) is 13.2 Å². The predicted octanol–water partition coefficient (Wildman–Crippen LogP) is 2.76. The molecule has 0 fully saturated rings. The number of nitro groups is 2. The maximum Gasteiger partial charge on any atom is 0.406 e. The zero-order chi connectivity index (χ0) is 18.4. The number of pyridine rings is 2. The van der Waals surface area contributed by atoms with Crippen molar-refractivity contribution in [1.82, 2.24) is 9.97 Å². The van der Waals surface area contributed by atoms with Gasteiger partial charge in [-0.25, -0.2) is 0 Å². The van der Waals surface area contributed by atoms with E-state index in [0.29, 0.717) is 17.8 Å². The Balaban J connectivity index is 1.89. The molecule has 0 bridgehead atoms. The second-order valence-electron chi connectivity index (χ2n) is 5.11. The van der Waals surface area contributed by atoms with Crippen molar-refractivity contribution in [3.05, 3.63) is 55.9 Å². The van der Waals surface area contributed by atoms with Crippen molar-refractivity contribution in [2.24, 2.45) is 0 Å². The molecule has 0 saturated carbocycles. The van der Waals surface area contributed by atoms with Crippen LogP contribution in [0.3, 0.4) is 0 Å². The molecule has 0 unspecified atom stereocenters. The molecule has 132 valence electrons. The first-order valence-corrected chi connectivity index (χ1v) is 7.38. The highest BCUT2D eigenvalue weighted by atomic mass is 16.6. The fourth-order valence-electron chi connectivity index (χ4n) is 1.97. The molecular weight excluding hydrogens is 332 g/mol. The Bertz CT molecular complexity index is 730. The van der Waals surface area contributed by atoms with Crippen LogP contribution in [0.4, 0.5) is 11.6 Å². The van der Waals surface area contributed by atoms with E-state index < -0.39 is 9.85 Å². The van der Waals surface area contributed by atoms with Gasteiger partial charge in [-0.05, 0) is 44.1 Å². The smallest absolute Gasteiger partial charge is 0.406 e. The molecule has 0 amide bonds. The quantitative estimate of drug-likeness (QED) is 0.404. The Morgan fingerprint density at radius 3 is 1.60 bits per heavy atom. The van der Waals surface area contributed by atoms with Crippen LogP contribution in [0, 0.1) is 34.1 Å². The topological polar surface area (TPSA) is 131 Å². The highest BCUT2D eigenvalue weighted by Gasteiger charge is 2.19. The first-order valence-electron chi connectivity index (χ1n) is 7.38. The molecule has 10 heteroatoms. The second-order valence-corrected chi connectivity index (χ2v) is 5.11. The lowest BCUT2D eigenvalue weighted by Crippen LogP contribution is -2.08. The molecule has 0 aliphatic heterocycles. The van der Waals surface area contributed by atoms with Crippen molar-refractivity contribution in [3.63, 3.8) is 0 Å². The average molecular weight is 348 g/mol. The molecule has 25 heavy (non-hydrogen) atoms. The summed E-state index contributed by atoms with van der Waals surface area (Å²) in [5.41, 5.74) is 1.03. The van der Waals surface area contributed by atoms with Crippen LogP contribution < -0.4 is 9.47 Å². The number of rotatable bonds is 8. The fourth-order valence-corrected chi connectivity index (χ4v) is 1.97. The van der Waals surface area contributed by atoms with E-state index in [2.05, 4.69) is 9.97 Å². The first kappa shape index (κ1) is 18.0. The molecule has 0 aliphatic carbocycles. The maximum absolute atomic E-state index is 10.9. The van der Waals surface area contributed by atoms with Gasteiger partial charge in [-0.1, -0.05) is 0 Å². The molecule has 0 atom stereocenters. The first-order chi connectivity index (χ1) is 11.9. The van der Waals surface area contributed by atoms with Crippen LogP contribution in [0.15, 0.2) is 24.3 Å². The standard InChI is InChI=1S/C15H16N4O6/c1-10-4-6-12(14(16-10)18(20)21)24-8-3-9-25-13-7-5-11(2)17-15(13)19(22)23/h4-7H,3,8-9H2,1-2H3. The molecule has 0 aromatic carbocycles. The number of aryl methyl sites for hydroxylation is 2. The van der Waals surface area contributed by atoms with Gasteiger partial charge in [-0.15, -0.1) is 0 Å². The van der Waals surface area contributed by atoms with E-state index in [-0.39, 0.29) is 36.3 Å². The number of hydrogen-bond donors (Lipinski definition) is 0. The summed E-state index contributed by atoms with van der Waals surface area (Å²) in [5.74, 6) is -0.559. The van der Waals surface area contributed by atoms with Crippen LogP contribution in [0.25, 0.3) is 0 Å². The molecular formula is C15H16N4O6. The summed E-state index contributed by atoms with van der Waals surface area (Å²) in [6, 6.07) is 6.19. The molecule has 0 aliphatic rings. The minimum Gasteiger partial charge on any atom is -0.486 e. The summed E-state index contributed by atoms with van der Waals surface area (Å²) in [6.07, 6.45) is 0.371. The molecule has 2 heterocycles. The highest BCUT2D eigenvalue weighted by Crippen LogP contribution is 2.26. The van der Waals surface area contributed by atoms with Crippen molar-refractivity contribution in [2.75, 3.05) is 13.2 Å². The Hall–Kier alpha value is -3.30. The van der Waals surface area contributed by atoms with Gasteiger partial charge in [-0.2, -0.15) is 0 Å². The van der Waals surface area contributed by atoms with Gasteiger partial charge in [0.2, 0.25) is 11.5 Å². The van der Waals surface area contributed by atoms with Gasteiger partial charge in [0.1, 0.15) is 11.4 Å². The van der Waals surface area contributed by atoms with E-state index in [1.807, 2.05) is 0 Å². The van der Waals surface area contributed by atoms with Crippen LogP contribution in [0.1, 0.15) is 17.8 Å². The van der Waals surface area contributed by atoms with Crippen molar-refractivity contribution in [3.8, 4) is 11.5 Å². The zero-order valence-electron chi connectivity index (χ0n) is 13.7. The molecule has 10 nitrogen and oxygen atoms in total. The molecule has 0 spiro atoms. The minimum atomic E-state index is -0.611. The van der Waals surface area contributed by atoms with E-state index in [1.165, 1.54) is 12.1 Å². The van der Waals surface area contributed by atoms with Crippen molar-refractivity contribution < 1.29 is 19.3 Å². The zero-order valence-corrected chi connectivity index (χ0v) is 13.7. The van der Waals surface area contributed by atoms with E-state index in [1.54, 1.807) is 26.0 Å². The summed E-state index contributed by atoms with van der Waals surface area (Å²) in [5, 5.41) is 21.9. The highest BCUT2D eigenvalue weighted by molar-refractivity contribution is 5.41. The predicted molar refractivity (Wildman–Crippen MR) is 86.9 cm³/mol. The molecule has 0 N–H and O–H groups in total. The Kier molecular flexibility index (Phi) is 5.77. The van der Waals surface area contributed by atoms with Crippen LogP contribution in [-0.2, 0) is 0 Å². The van der Waals surface area contributed by atoms with Gasteiger partial charge in [0.15, 0.2) is 0 Å². The largest absolute Gasteiger partial charge is 0.486 e. The van der Waals surface area contributed by atoms with Crippen LogP contribution >= 0.6 is 0 Å². The van der Waals surface area contributed by atoms with Crippen molar-refractivity contribution >= 4 is 11.6 Å². The van der Waals surface area contributed by atoms with E-state index >= 15 is 0 Å². The SMILES string of the molecule is Cc1ccc(OCCCOc2ccc(C)nc2[N+](=O)[O-])c([N+](=O)[O-])n1. The van der Waals surface area contributed by atoms with E-state index in [9.17, 15) is 20.2 Å². The summed E-state index contributed by atoms with van der Waals surface area (Å²) in [6.45, 7) is 3.57. The van der Waals surface area contributed by atoms with Crippen molar-refractivity contribution in [1.29, 1.82) is 0 Å². The molecule has 2 rings (SSSR count). The van der Waals surface area contributed by atoms with Gasteiger partial charge in [0.25, 0.3) is 0 Å². The molecule has 0 radical (unpaired) electrons. The second kappa shape index (κ2) is 7.99. The Morgan fingerprint density at radius 2 is 1.24 bits per heavy atom. The normalized spacial score (nSPS) is 10.3. The van der Waals surface area contributed by atoms with Crippen molar-refractivity contribution in [2.45, 2.75) is 20.3 Å². The molecule has 0 saturated heterocycles. The summed E-state index contributed by atoms with van der Waals surface area (Å²) >= 11 is 0. The van der Waals surface area contributed by atoms with Gasteiger partial charge in [0, 0.05) is 20.3 Å². The third-order valence-electron chi connectivity index (χ3n) is 3.11. The lowest BCUT2D eigenvalue weighted by atomic mass is 10.3. The van der Waals surface area contributed by atoms with Crippen LogP contribution in [0.2, 0.25) is 0 Å². The Labute approximate surface area is 142 Å². The number of ether oxygens (including phenoxy) is 2. The average Bonchev–Trinajstić information content (AvgIpc) is 2.56. The monoisotopic (exact) mass is 348 g/mol. The third-order valence-corrected chi connectivity index (χ3v) is 3.11. The lowest BCUT2D eigenvalue weighted by Gasteiger charge is -2.08. The van der Waals surface area contributed by atoms with Crippen LogP contribution in [0.5, 0.6) is 11.5 Å². The summed E-state index contributed by atoms with van der Waals surface area (Å²) in [4.78, 5) is 28.3. The maximum atomic E-state index is 10.9. The molecule has 2 aromatic rings. The number of aromatic nitrogens is 2. The Morgan fingerprint density at radius 1 is 0.840 bits per heavy atom. The van der Waals surface area contributed by atoms with Crippen LogP contribution in [-0.4, -0.2) is 33.0 Å². The lowest BCUT2D eigenvalue weighted by molar-refractivity contribution is -0.390. The summed E-state index contributed by atoms with van der Waals surface area (Å²) < 4.78 is 10.7. The van der Waals surface area contributed by atoms with Gasteiger partial charge < -0.3 is 29.7 Å². The van der Waals surface area contributed by atoms with E-state index in [4.69, 9.17) is 9.47 Å². The molecule has 2 aromatic heterocycles. The van der Waals surface area contributed by atoms with Gasteiger partial charge >= 0.3 is 11.6 Å².